The van der Waals surface area contributed by atoms with Gasteiger partial charge >= 0.3 is 12.0 Å². The molecule has 4 amide bonds. The van der Waals surface area contributed by atoms with Crippen molar-refractivity contribution in [3.63, 3.8) is 0 Å². The smallest absolute Gasteiger partial charge is 0.326 e. The fraction of sp³-hybridized carbons (Fsp3) is 0.607. The molecule has 0 bridgehead atoms. The van der Waals surface area contributed by atoms with Crippen molar-refractivity contribution < 1.29 is 33.8 Å². The Morgan fingerprint density at radius 1 is 0.951 bits per heavy atom. The van der Waals surface area contributed by atoms with Gasteiger partial charge in [0.25, 0.3) is 0 Å². The van der Waals surface area contributed by atoms with E-state index < -0.39 is 42.3 Å². The van der Waals surface area contributed by atoms with Gasteiger partial charge in [0.05, 0.1) is 6.61 Å². The van der Waals surface area contributed by atoms with E-state index in [1.807, 2.05) is 30.3 Å². The molecule has 0 saturated heterocycles. The quantitative estimate of drug-likeness (QED) is 0.0762. The van der Waals surface area contributed by atoms with E-state index in [0.717, 1.165) is 5.56 Å². The maximum absolute atomic E-state index is 13.3. The number of benzene rings is 1. The van der Waals surface area contributed by atoms with Crippen LogP contribution in [0.3, 0.4) is 0 Å². The molecule has 41 heavy (non-hydrogen) atoms. The van der Waals surface area contributed by atoms with Gasteiger partial charge in [0.2, 0.25) is 17.9 Å². The number of ether oxygens (including phenoxy) is 1. The molecule has 0 heterocycles. The van der Waals surface area contributed by atoms with Crippen LogP contribution in [0.1, 0.15) is 64.9 Å². The average molecular weight is 577 g/mol. The van der Waals surface area contributed by atoms with Crippen LogP contribution in [-0.2, 0) is 30.5 Å². The zero-order valence-electron chi connectivity index (χ0n) is 24.1. The molecule has 0 saturated carbocycles. The first-order chi connectivity index (χ1) is 19.6. The number of carbonyl (C=O) groups is 4. The number of isocyanates is 1. The number of aliphatic imine (C=N–C) groups is 1. The zero-order chi connectivity index (χ0) is 30.6. The number of likely N-dealkylation sites (N-methyl/N-ethyl adjacent to an activating group) is 1. The van der Waals surface area contributed by atoms with Crippen LogP contribution in [0.5, 0.6) is 0 Å². The average Bonchev–Trinajstić information content (AvgIpc) is 2.93. The molecule has 1 aromatic rings. The van der Waals surface area contributed by atoms with Crippen molar-refractivity contribution in [3.05, 3.63) is 35.9 Å². The zero-order valence-corrected chi connectivity index (χ0v) is 24.1. The van der Waals surface area contributed by atoms with Crippen molar-refractivity contribution in [1.82, 2.24) is 21.3 Å². The third-order valence-corrected chi connectivity index (χ3v) is 6.20. The number of rotatable bonds is 20. The summed E-state index contributed by atoms with van der Waals surface area (Å²) in [7, 11) is 0. The Kier molecular flexibility index (Phi) is 17.3. The van der Waals surface area contributed by atoms with Gasteiger partial charge in [0.1, 0.15) is 18.1 Å². The number of nitrogens with one attached hydrogen (secondary N) is 4. The maximum atomic E-state index is 13.3. The summed E-state index contributed by atoms with van der Waals surface area (Å²) in [5, 5.41) is 19.8. The van der Waals surface area contributed by atoms with E-state index >= 15 is 0 Å². The number of carboxylic acid groups (broad SMARTS) is 1. The van der Waals surface area contributed by atoms with Gasteiger partial charge in [-0.1, -0.05) is 44.2 Å². The second-order valence-corrected chi connectivity index (χ2v) is 9.87. The molecule has 0 radical (unpaired) electrons. The van der Waals surface area contributed by atoms with E-state index in [1.165, 1.54) is 6.08 Å². The topological polar surface area (TPSA) is 201 Å². The van der Waals surface area contributed by atoms with Gasteiger partial charge < -0.3 is 36.8 Å². The minimum absolute atomic E-state index is 0.101. The normalized spacial score (nSPS) is 13.7. The highest BCUT2D eigenvalue weighted by Gasteiger charge is 2.29. The molecule has 0 aromatic heterocycles. The predicted octanol–water partition coefficient (Wildman–Crippen LogP) is 1.56. The molecule has 0 spiro atoms. The lowest BCUT2D eigenvalue weighted by Crippen LogP contribution is -2.57. The minimum atomic E-state index is -1.21. The summed E-state index contributed by atoms with van der Waals surface area (Å²) >= 11 is 0. The van der Waals surface area contributed by atoms with E-state index in [1.54, 1.807) is 20.8 Å². The van der Waals surface area contributed by atoms with E-state index in [4.69, 9.17) is 10.5 Å². The van der Waals surface area contributed by atoms with Crippen molar-refractivity contribution in [3.8, 4) is 0 Å². The molecule has 1 rings (SSSR count). The maximum Gasteiger partial charge on any atom is 0.326 e. The molecule has 0 aliphatic heterocycles. The number of hydrogen-bond acceptors (Lipinski definition) is 8. The largest absolute Gasteiger partial charge is 0.480 e. The van der Waals surface area contributed by atoms with Gasteiger partial charge in [-0.05, 0) is 63.5 Å². The third kappa shape index (κ3) is 14.4. The fourth-order valence-corrected chi connectivity index (χ4v) is 3.96. The number of aliphatic carboxylic acids is 1. The van der Waals surface area contributed by atoms with Gasteiger partial charge in [-0.2, -0.15) is 4.99 Å². The van der Waals surface area contributed by atoms with Crippen LogP contribution in [0.2, 0.25) is 0 Å². The first-order valence-corrected chi connectivity index (χ1v) is 13.9. The Balaban J connectivity index is 2.95. The van der Waals surface area contributed by atoms with E-state index in [2.05, 4.69) is 26.3 Å². The van der Waals surface area contributed by atoms with Gasteiger partial charge in [-0.3, -0.25) is 9.59 Å². The molecule has 4 atom stereocenters. The number of nitrogens with two attached hydrogens (primary N) is 1. The van der Waals surface area contributed by atoms with Gasteiger partial charge in [0.15, 0.2) is 6.23 Å². The highest BCUT2D eigenvalue weighted by molar-refractivity contribution is 5.92. The number of hydrogen-bond donors (Lipinski definition) is 6. The molecule has 1 unspecified atom stereocenters. The predicted molar refractivity (Wildman–Crippen MR) is 152 cm³/mol. The van der Waals surface area contributed by atoms with Gasteiger partial charge in [0, 0.05) is 6.54 Å². The molecule has 13 heteroatoms. The highest BCUT2D eigenvalue weighted by atomic mass is 16.5. The lowest BCUT2D eigenvalue weighted by molar-refractivity contribution is -0.139. The number of unbranched alkanes of at least 4 members (excludes halogenated alkanes) is 1. The van der Waals surface area contributed by atoms with Crippen LogP contribution in [0.25, 0.3) is 0 Å². The molecule has 0 aliphatic carbocycles. The van der Waals surface area contributed by atoms with Crippen LogP contribution >= 0.6 is 0 Å². The monoisotopic (exact) mass is 576 g/mol. The van der Waals surface area contributed by atoms with Crippen molar-refractivity contribution in [2.24, 2.45) is 16.6 Å². The van der Waals surface area contributed by atoms with Crippen LogP contribution in [0.15, 0.2) is 35.3 Å². The van der Waals surface area contributed by atoms with Crippen LogP contribution in [-0.4, -0.2) is 72.4 Å². The van der Waals surface area contributed by atoms with Crippen molar-refractivity contribution >= 4 is 29.9 Å². The summed E-state index contributed by atoms with van der Waals surface area (Å²) in [5.74, 6) is -2.42. The third-order valence-electron chi connectivity index (χ3n) is 6.20. The van der Waals surface area contributed by atoms with Gasteiger partial charge in [-0.15, -0.1) is 0 Å². The molecule has 0 fully saturated rings. The van der Waals surface area contributed by atoms with E-state index in [9.17, 15) is 29.1 Å². The summed E-state index contributed by atoms with van der Waals surface area (Å²) in [6, 6.07) is 5.35. The summed E-state index contributed by atoms with van der Waals surface area (Å²) in [5.41, 5.74) is 6.36. The Hall–Kier alpha value is -3.80. The summed E-state index contributed by atoms with van der Waals surface area (Å²) in [6.45, 7) is 6.30. The molecule has 0 aliphatic rings. The summed E-state index contributed by atoms with van der Waals surface area (Å²) in [4.78, 5) is 64.8. The number of urea groups is 1. The van der Waals surface area contributed by atoms with Crippen molar-refractivity contribution in [2.75, 3.05) is 13.1 Å². The second-order valence-electron chi connectivity index (χ2n) is 9.87. The number of amides is 4. The van der Waals surface area contributed by atoms with Crippen molar-refractivity contribution in [2.45, 2.75) is 90.3 Å². The summed E-state index contributed by atoms with van der Waals surface area (Å²) < 4.78 is 5.72. The van der Waals surface area contributed by atoms with Crippen LogP contribution < -0.4 is 27.0 Å². The van der Waals surface area contributed by atoms with Crippen molar-refractivity contribution in [1.29, 1.82) is 0 Å². The van der Waals surface area contributed by atoms with Crippen LogP contribution in [0, 0.1) is 5.92 Å². The fourth-order valence-electron chi connectivity index (χ4n) is 3.96. The minimum Gasteiger partial charge on any atom is -0.480 e. The Morgan fingerprint density at radius 2 is 1.61 bits per heavy atom. The molecular formula is C28H44N6O7. The Bertz CT molecular complexity index is 1000. The molecule has 13 nitrogen and oxygen atoms in total. The summed E-state index contributed by atoms with van der Waals surface area (Å²) in [6.07, 6.45) is 2.61. The Labute approximate surface area is 241 Å². The lowest BCUT2D eigenvalue weighted by Gasteiger charge is -2.26. The Morgan fingerprint density at radius 3 is 2.20 bits per heavy atom. The molecule has 1 aromatic carbocycles. The standard InChI is InChI=1S/C28H44N6O7/c1-4-30-26(37)24(19(2)3)34-25(36)21(32-28(40)33-22(27(38)39)13-8-9-16-29)14-10-15-23(31-18-35)41-17-20-11-6-5-7-12-20/h5-7,11-12,19,21-24H,4,8-10,13-17,29H2,1-3H3,(H,30,37)(H,34,36)(H,38,39)(H2,32,33,40)/t21-,22+,23?,24+/m1/s1. The number of carbonyl (C=O) groups excluding carboxylic acids is 4. The lowest BCUT2D eigenvalue weighted by atomic mass is 10.0. The number of nitrogens with zero attached hydrogens (tertiary/aromatic N) is 1. The van der Waals surface area contributed by atoms with E-state index in [-0.39, 0.29) is 37.7 Å². The molecular weight excluding hydrogens is 532 g/mol. The first kappa shape index (κ1) is 35.2. The van der Waals surface area contributed by atoms with Gasteiger partial charge in [-0.25, -0.2) is 14.4 Å². The SMILES string of the molecule is CCNC(=O)[C@@H](NC(=O)[C@@H](CCCC(N=C=O)OCc1ccccc1)NC(=O)N[C@@H](CCCCN)C(=O)O)C(C)C. The first-order valence-electron chi connectivity index (χ1n) is 13.9. The van der Waals surface area contributed by atoms with E-state index in [0.29, 0.717) is 32.4 Å². The molecule has 7 N–H and O–H groups in total. The van der Waals surface area contributed by atoms with Crippen LogP contribution in [0.4, 0.5) is 4.79 Å². The highest BCUT2D eigenvalue weighted by Crippen LogP contribution is 2.13. The molecule has 228 valence electrons. The number of carboxylic acids is 1. The second kappa shape index (κ2) is 20.1.